The highest BCUT2D eigenvalue weighted by Crippen LogP contribution is 2.47. The van der Waals surface area contributed by atoms with Gasteiger partial charge < -0.3 is 15.1 Å². The van der Waals surface area contributed by atoms with Gasteiger partial charge >= 0.3 is 0 Å². The number of hydrogen-bond acceptors (Lipinski definition) is 3. The molecule has 5 nitrogen and oxygen atoms in total. The fraction of sp³-hybridized carbons (Fsp3) is 0.529. The van der Waals surface area contributed by atoms with Crippen LogP contribution in [0.2, 0.25) is 0 Å². The molecule has 1 saturated carbocycles. The Morgan fingerprint density at radius 1 is 1.14 bits per heavy atom. The molecule has 0 unspecified atom stereocenters. The molecule has 0 radical (unpaired) electrons. The monoisotopic (exact) mass is 303 g/mol. The standard InChI is InChI=1S/C17H25N3O2/c1-19(2)13-7-12-18-15(21)17(10-11-17)16(22)20(3)14-8-5-4-6-9-14/h4-6,8-9H,7,10-13H2,1-3H3,(H,18,21). The van der Waals surface area contributed by atoms with E-state index in [0.717, 1.165) is 18.7 Å². The molecule has 5 heteroatoms. The lowest BCUT2D eigenvalue weighted by molar-refractivity contribution is -0.135. The number of rotatable bonds is 7. The maximum Gasteiger partial charge on any atom is 0.242 e. The topological polar surface area (TPSA) is 52.7 Å². The van der Waals surface area contributed by atoms with Crippen molar-refractivity contribution in [3.05, 3.63) is 30.3 Å². The van der Waals surface area contributed by atoms with E-state index in [1.165, 1.54) is 0 Å². The summed E-state index contributed by atoms with van der Waals surface area (Å²) in [6.07, 6.45) is 2.17. The molecule has 1 aromatic carbocycles. The highest BCUT2D eigenvalue weighted by molar-refractivity contribution is 6.13. The molecule has 0 bridgehead atoms. The fourth-order valence-electron chi connectivity index (χ4n) is 2.52. The smallest absolute Gasteiger partial charge is 0.242 e. The van der Waals surface area contributed by atoms with Crippen LogP contribution in [0.15, 0.2) is 30.3 Å². The number of nitrogens with zero attached hydrogens (tertiary/aromatic N) is 2. The molecule has 0 atom stereocenters. The van der Waals surface area contributed by atoms with Crippen molar-refractivity contribution in [3.8, 4) is 0 Å². The molecule has 2 amide bonds. The van der Waals surface area contributed by atoms with Crippen LogP contribution in [0, 0.1) is 5.41 Å². The number of hydrogen-bond donors (Lipinski definition) is 1. The molecule has 1 N–H and O–H groups in total. The van der Waals surface area contributed by atoms with Crippen molar-refractivity contribution in [2.75, 3.05) is 39.1 Å². The van der Waals surface area contributed by atoms with Crippen molar-refractivity contribution in [2.24, 2.45) is 5.41 Å². The molecule has 0 saturated heterocycles. The van der Waals surface area contributed by atoms with E-state index in [2.05, 4.69) is 10.2 Å². The van der Waals surface area contributed by atoms with Gasteiger partial charge in [0.25, 0.3) is 0 Å². The molecule has 22 heavy (non-hydrogen) atoms. The fourth-order valence-corrected chi connectivity index (χ4v) is 2.52. The second kappa shape index (κ2) is 6.92. The van der Waals surface area contributed by atoms with Crippen molar-refractivity contribution in [1.82, 2.24) is 10.2 Å². The Balaban J connectivity index is 1.92. The van der Waals surface area contributed by atoms with Gasteiger partial charge in [-0.2, -0.15) is 0 Å². The lowest BCUT2D eigenvalue weighted by Gasteiger charge is -2.23. The van der Waals surface area contributed by atoms with Crippen LogP contribution >= 0.6 is 0 Å². The molecule has 2 rings (SSSR count). The van der Waals surface area contributed by atoms with Crippen molar-refractivity contribution in [1.29, 1.82) is 0 Å². The van der Waals surface area contributed by atoms with Gasteiger partial charge in [-0.1, -0.05) is 18.2 Å². The SMILES string of the molecule is CN(C)CCCNC(=O)C1(C(=O)N(C)c2ccccc2)CC1. The highest BCUT2D eigenvalue weighted by atomic mass is 16.2. The van der Waals surface area contributed by atoms with E-state index in [1.807, 2.05) is 44.4 Å². The summed E-state index contributed by atoms with van der Waals surface area (Å²) in [6.45, 7) is 1.53. The first-order valence-electron chi connectivity index (χ1n) is 7.73. The lowest BCUT2D eigenvalue weighted by atomic mass is 10.0. The Morgan fingerprint density at radius 2 is 1.77 bits per heavy atom. The van der Waals surface area contributed by atoms with Crippen LogP contribution in [-0.4, -0.2) is 50.9 Å². The zero-order valence-electron chi connectivity index (χ0n) is 13.6. The molecule has 1 aliphatic carbocycles. The van der Waals surface area contributed by atoms with Gasteiger partial charge in [-0.05, 0) is 52.0 Å². The Labute approximate surface area is 132 Å². The second-order valence-electron chi connectivity index (χ2n) is 6.19. The van der Waals surface area contributed by atoms with Crippen molar-refractivity contribution < 1.29 is 9.59 Å². The zero-order valence-corrected chi connectivity index (χ0v) is 13.6. The molecule has 0 aromatic heterocycles. The van der Waals surface area contributed by atoms with E-state index in [1.54, 1.807) is 11.9 Å². The molecule has 0 aliphatic heterocycles. The van der Waals surface area contributed by atoms with Crippen LogP contribution in [0.3, 0.4) is 0 Å². The van der Waals surface area contributed by atoms with Crippen molar-refractivity contribution in [3.63, 3.8) is 0 Å². The summed E-state index contributed by atoms with van der Waals surface area (Å²) in [7, 11) is 5.74. The van der Waals surface area contributed by atoms with E-state index >= 15 is 0 Å². The van der Waals surface area contributed by atoms with E-state index < -0.39 is 5.41 Å². The van der Waals surface area contributed by atoms with Gasteiger partial charge in [0.1, 0.15) is 5.41 Å². The van der Waals surface area contributed by atoms with E-state index in [4.69, 9.17) is 0 Å². The summed E-state index contributed by atoms with van der Waals surface area (Å²) < 4.78 is 0. The second-order valence-corrected chi connectivity index (χ2v) is 6.19. The van der Waals surface area contributed by atoms with Gasteiger partial charge in [-0.15, -0.1) is 0 Å². The number of anilines is 1. The van der Waals surface area contributed by atoms with Gasteiger partial charge in [-0.25, -0.2) is 0 Å². The van der Waals surface area contributed by atoms with Crippen molar-refractivity contribution in [2.45, 2.75) is 19.3 Å². The zero-order chi connectivity index (χ0) is 16.2. The van der Waals surface area contributed by atoms with E-state index in [0.29, 0.717) is 19.4 Å². The third-order valence-electron chi connectivity index (χ3n) is 4.11. The van der Waals surface area contributed by atoms with Gasteiger partial charge in [-0.3, -0.25) is 9.59 Å². The Bertz CT molecular complexity index is 524. The number of carbonyl (C=O) groups excluding carboxylic acids is 2. The first-order chi connectivity index (χ1) is 10.5. The van der Waals surface area contributed by atoms with Gasteiger partial charge in [0.05, 0.1) is 0 Å². The third-order valence-corrected chi connectivity index (χ3v) is 4.11. The number of para-hydroxylation sites is 1. The quantitative estimate of drug-likeness (QED) is 0.613. The average molecular weight is 303 g/mol. The Hall–Kier alpha value is -1.88. The predicted molar refractivity (Wildman–Crippen MR) is 87.7 cm³/mol. The molecule has 0 spiro atoms. The first-order valence-corrected chi connectivity index (χ1v) is 7.73. The lowest BCUT2D eigenvalue weighted by Crippen LogP contribution is -2.44. The Kier molecular flexibility index (Phi) is 5.19. The summed E-state index contributed by atoms with van der Waals surface area (Å²) in [6, 6.07) is 9.44. The number of benzene rings is 1. The van der Waals surface area contributed by atoms with Gasteiger partial charge in [0, 0.05) is 19.3 Å². The maximum absolute atomic E-state index is 12.7. The first kappa shape index (κ1) is 16.5. The molecule has 120 valence electrons. The van der Waals surface area contributed by atoms with Crippen LogP contribution in [-0.2, 0) is 9.59 Å². The number of amides is 2. The normalized spacial score (nSPS) is 15.5. The summed E-state index contributed by atoms with van der Waals surface area (Å²) in [5.74, 6) is -0.233. The minimum atomic E-state index is -0.845. The predicted octanol–water partition coefficient (Wildman–Crippen LogP) is 1.50. The maximum atomic E-state index is 12.7. The number of carbonyl (C=O) groups is 2. The Morgan fingerprint density at radius 3 is 2.32 bits per heavy atom. The van der Waals surface area contributed by atoms with Gasteiger partial charge in [0.15, 0.2) is 0 Å². The van der Waals surface area contributed by atoms with Crippen LogP contribution < -0.4 is 10.2 Å². The molecule has 1 aromatic rings. The highest BCUT2D eigenvalue weighted by Gasteiger charge is 2.57. The molecular formula is C17H25N3O2. The summed E-state index contributed by atoms with van der Waals surface area (Å²) in [5.41, 5.74) is -0.0258. The van der Waals surface area contributed by atoms with Gasteiger partial charge in [0.2, 0.25) is 11.8 Å². The van der Waals surface area contributed by atoms with Crippen LogP contribution in [0.25, 0.3) is 0 Å². The minimum absolute atomic E-state index is 0.108. The molecular weight excluding hydrogens is 278 g/mol. The minimum Gasteiger partial charge on any atom is -0.355 e. The number of nitrogens with one attached hydrogen (secondary N) is 1. The van der Waals surface area contributed by atoms with E-state index in [-0.39, 0.29) is 11.8 Å². The summed E-state index contributed by atoms with van der Waals surface area (Å²) in [5, 5.41) is 2.91. The molecule has 1 fully saturated rings. The molecule has 1 aliphatic rings. The average Bonchev–Trinajstić information content (AvgIpc) is 3.32. The largest absolute Gasteiger partial charge is 0.355 e. The summed E-state index contributed by atoms with van der Waals surface area (Å²) >= 11 is 0. The van der Waals surface area contributed by atoms with E-state index in [9.17, 15) is 9.59 Å². The third kappa shape index (κ3) is 3.65. The van der Waals surface area contributed by atoms with Crippen LogP contribution in [0.5, 0.6) is 0 Å². The molecule has 0 heterocycles. The van der Waals surface area contributed by atoms with Crippen LogP contribution in [0.1, 0.15) is 19.3 Å². The van der Waals surface area contributed by atoms with Crippen molar-refractivity contribution >= 4 is 17.5 Å². The van der Waals surface area contributed by atoms with Crippen LogP contribution in [0.4, 0.5) is 5.69 Å². The summed E-state index contributed by atoms with van der Waals surface area (Å²) in [4.78, 5) is 28.7.